The molecule has 0 atom stereocenters. The number of aliphatic carboxylic acids is 1. The quantitative estimate of drug-likeness (QED) is 0.888. The third kappa shape index (κ3) is 7.62. The molecular formula is C15H19F3N2O3. The number of hydrogen-bond acceptors (Lipinski definition) is 3. The number of rotatable bonds is 4. The van der Waals surface area contributed by atoms with Gasteiger partial charge >= 0.3 is 12.1 Å². The summed E-state index contributed by atoms with van der Waals surface area (Å²) in [5.74, 6) is -1.94. The van der Waals surface area contributed by atoms with Gasteiger partial charge in [0, 0.05) is 18.9 Å². The molecule has 1 aromatic rings. The fourth-order valence-electron chi connectivity index (χ4n) is 2.29. The number of nitrogens with zero attached hydrogens (tertiary/aromatic N) is 1. The summed E-state index contributed by atoms with van der Waals surface area (Å²) >= 11 is 0. The number of alkyl halides is 3. The topological polar surface area (TPSA) is 79.3 Å². The molecule has 1 aliphatic carbocycles. The summed E-state index contributed by atoms with van der Waals surface area (Å²) < 4.78 is 31.7. The van der Waals surface area contributed by atoms with Crippen molar-refractivity contribution in [1.29, 1.82) is 0 Å². The third-order valence-electron chi connectivity index (χ3n) is 3.48. The monoisotopic (exact) mass is 332 g/mol. The van der Waals surface area contributed by atoms with Crippen LogP contribution < -0.4 is 5.32 Å². The van der Waals surface area contributed by atoms with Crippen molar-refractivity contribution >= 4 is 11.9 Å². The van der Waals surface area contributed by atoms with Gasteiger partial charge in [0.15, 0.2) is 0 Å². The Kier molecular flexibility index (Phi) is 7.50. The molecule has 8 heteroatoms. The molecule has 23 heavy (non-hydrogen) atoms. The summed E-state index contributed by atoms with van der Waals surface area (Å²) in [6.07, 6.45) is 4.71. The maximum absolute atomic E-state index is 11.7. The van der Waals surface area contributed by atoms with Gasteiger partial charge in [0.1, 0.15) is 0 Å². The lowest BCUT2D eigenvalue weighted by Gasteiger charge is -2.09. The molecule has 128 valence electrons. The molecule has 0 saturated heterocycles. The van der Waals surface area contributed by atoms with E-state index in [0.717, 1.165) is 18.9 Å². The average molecular weight is 332 g/mol. The number of nitrogens with one attached hydrogen (secondary N) is 1. The molecule has 0 unspecified atom stereocenters. The van der Waals surface area contributed by atoms with Crippen LogP contribution in [-0.4, -0.2) is 34.7 Å². The average Bonchev–Trinajstić information content (AvgIpc) is 3.01. The summed E-state index contributed by atoms with van der Waals surface area (Å²) in [6, 6.07) is 3.57. The van der Waals surface area contributed by atoms with Crippen molar-refractivity contribution in [2.24, 2.45) is 5.92 Å². The molecule has 1 aliphatic rings. The van der Waals surface area contributed by atoms with Crippen LogP contribution in [0.5, 0.6) is 0 Å². The Morgan fingerprint density at radius 3 is 2.39 bits per heavy atom. The Morgan fingerprint density at radius 1 is 1.30 bits per heavy atom. The van der Waals surface area contributed by atoms with E-state index in [4.69, 9.17) is 9.90 Å². The molecule has 1 saturated carbocycles. The van der Waals surface area contributed by atoms with E-state index in [9.17, 15) is 18.0 Å². The molecule has 1 aromatic heterocycles. The maximum Gasteiger partial charge on any atom is 0.490 e. The fourth-order valence-corrected chi connectivity index (χ4v) is 2.29. The number of halogens is 3. The van der Waals surface area contributed by atoms with Gasteiger partial charge in [-0.1, -0.05) is 25.7 Å². The minimum absolute atomic E-state index is 0.00824. The van der Waals surface area contributed by atoms with Crippen LogP contribution in [-0.2, 0) is 4.79 Å². The number of carboxylic acid groups (broad SMARTS) is 1. The number of carboxylic acids is 1. The second-order valence-corrected chi connectivity index (χ2v) is 5.24. The van der Waals surface area contributed by atoms with Gasteiger partial charge < -0.3 is 10.4 Å². The molecule has 0 aromatic carbocycles. The van der Waals surface area contributed by atoms with Crippen LogP contribution in [0.15, 0.2) is 24.5 Å². The summed E-state index contributed by atoms with van der Waals surface area (Å²) in [7, 11) is 0. The highest BCUT2D eigenvalue weighted by Gasteiger charge is 2.38. The van der Waals surface area contributed by atoms with Crippen LogP contribution in [0.2, 0.25) is 0 Å². The van der Waals surface area contributed by atoms with Crippen molar-refractivity contribution in [2.45, 2.75) is 38.3 Å². The predicted molar refractivity (Wildman–Crippen MR) is 76.8 cm³/mol. The van der Waals surface area contributed by atoms with Crippen LogP contribution in [0.25, 0.3) is 0 Å². The molecule has 0 bridgehead atoms. The van der Waals surface area contributed by atoms with Crippen molar-refractivity contribution in [3.8, 4) is 0 Å². The lowest BCUT2D eigenvalue weighted by molar-refractivity contribution is -0.192. The van der Waals surface area contributed by atoms with Gasteiger partial charge in [-0.05, 0) is 24.5 Å². The summed E-state index contributed by atoms with van der Waals surface area (Å²) in [4.78, 5) is 24.5. The van der Waals surface area contributed by atoms with Gasteiger partial charge in [0.2, 0.25) is 0 Å². The Labute approximate surface area is 131 Å². The molecule has 1 amide bonds. The Bertz CT molecular complexity index is 500. The van der Waals surface area contributed by atoms with Gasteiger partial charge in [-0.2, -0.15) is 13.2 Å². The molecule has 0 radical (unpaired) electrons. The Morgan fingerprint density at radius 2 is 1.91 bits per heavy atom. The van der Waals surface area contributed by atoms with Gasteiger partial charge in [-0.15, -0.1) is 0 Å². The molecule has 0 aliphatic heterocycles. The molecule has 2 N–H and O–H groups in total. The number of aromatic nitrogens is 1. The SMILES string of the molecule is O=C(NCCC1CCCC1)c1cccnc1.O=C(O)C(F)(F)F. The zero-order valence-electron chi connectivity index (χ0n) is 12.5. The minimum Gasteiger partial charge on any atom is -0.475 e. The van der Waals surface area contributed by atoms with Crippen LogP contribution in [0.3, 0.4) is 0 Å². The van der Waals surface area contributed by atoms with E-state index in [2.05, 4.69) is 10.3 Å². The highest BCUT2D eigenvalue weighted by molar-refractivity contribution is 5.93. The van der Waals surface area contributed by atoms with E-state index in [-0.39, 0.29) is 5.91 Å². The lowest BCUT2D eigenvalue weighted by Crippen LogP contribution is -2.25. The maximum atomic E-state index is 11.7. The molecule has 1 heterocycles. The third-order valence-corrected chi connectivity index (χ3v) is 3.48. The van der Waals surface area contributed by atoms with Gasteiger partial charge in [0.25, 0.3) is 5.91 Å². The van der Waals surface area contributed by atoms with Crippen LogP contribution >= 0.6 is 0 Å². The lowest BCUT2D eigenvalue weighted by atomic mass is 10.0. The first kappa shape index (κ1) is 18.9. The highest BCUT2D eigenvalue weighted by Crippen LogP contribution is 2.26. The second-order valence-electron chi connectivity index (χ2n) is 5.24. The van der Waals surface area contributed by atoms with Crippen LogP contribution in [0.4, 0.5) is 13.2 Å². The van der Waals surface area contributed by atoms with Gasteiger partial charge in [-0.3, -0.25) is 9.78 Å². The van der Waals surface area contributed by atoms with Crippen molar-refractivity contribution in [1.82, 2.24) is 10.3 Å². The standard InChI is InChI=1S/C13H18N2O.C2HF3O2/c16-13(12-6-3-8-14-10-12)15-9-7-11-4-1-2-5-11;3-2(4,5)1(6)7/h3,6,8,10-11H,1-2,4-5,7,9H2,(H,15,16);(H,6,7). The van der Waals surface area contributed by atoms with E-state index in [0.29, 0.717) is 5.56 Å². The predicted octanol–water partition coefficient (Wildman–Crippen LogP) is 3.03. The first-order chi connectivity index (χ1) is 10.8. The molecule has 5 nitrogen and oxygen atoms in total. The van der Waals surface area contributed by atoms with Crippen LogP contribution in [0, 0.1) is 5.92 Å². The largest absolute Gasteiger partial charge is 0.490 e. The van der Waals surface area contributed by atoms with Gasteiger partial charge in [-0.25, -0.2) is 4.79 Å². The molecule has 2 rings (SSSR count). The number of amides is 1. The zero-order valence-corrected chi connectivity index (χ0v) is 12.5. The minimum atomic E-state index is -5.08. The van der Waals surface area contributed by atoms with E-state index in [1.54, 1.807) is 24.5 Å². The first-order valence-electron chi connectivity index (χ1n) is 7.29. The zero-order chi connectivity index (χ0) is 17.3. The Balaban J connectivity index is 0.000000322. The number of carbonyl (C=O) groups is 2. The van der Waals surface area contributed by atoms with Gasteiger partial charge in [0.05, 0.1) is 5.56 Å². The van der Waals surface area contributed by atoms with Crippen molar-refractivity contribution in [3.05, 3.63) is 30.1 Å². The smallest absolute Gasteiger partial charge is 0.475 e. The molecular weight excluding hydrogens is 313 g/mol. The first-order valence-corrected chi connectivity index (χ1v) is 7.29. The second kappa shape index (κ2) is 9.12. The van der Waals surface area contributed by atoms with Crippen LogP contribution in [0.1, 0.15) is 42.5 Å². The van der Waals surface area contributed by atoms with E-state index in [1.807, 2.05) is 0 Å². The fraction of sp³-hybridized carbons (Fsp3) is 0.533. The van der Waals surface area contributed by atoms with Crippen molar-refractivity contribution in [2.75, 3.05) is 6.54 Å². The Hall–Kier alpha value is -2.12. The number of hydrogen-bond donors (Lipinski definition) is 2. The number of pyridine rings is 1. The number of carbonyl (C=O) groups excluding carboxylic acids is 1. The van der Waals surface area contributed by atoms with E-state index in [1.165, 1.54) is 25.7 Å². The normalized spacial score (nSPS) is 14.7. The molecule has 1 fully saturated rings. The van der Waals surface area contributed by atoms with E-state index >= 15 is 0 Å². The van der Waals surface area contributed by atoms with Crippen molar-refractivity contribution < 1.29 is 27.9 Å². The summed E-state index contributed by atoms with van der Waals surface area (Å²) in [5.41, 5.74) is 0.647. The molecule has 0 spiro atoms. The highest BCUT2D eigenvalue weighted by atomic mass is 19.4. The summed E-state index contributed by atoms with van der Waals surface area (Å²) in [6.45, 7) is 0.790. The van der Waals surface area contributed by atoms with E-state index < -0.39 is 12.1 Å². The van der Waals surface area contributed by atoms with Crippen molar-refractivity contribution in [3.63, 3.8) is 0 Å². The summed E-state index contributed by atoms with van der Waals surface area (Å²) in [5, 5.41) is 10.1.